The van der Waals surface area contributed by atoms with Gasteiger partial charge in [-0.2, -0.15) is 0 Å². The fraction of sp³-hybridized carbons (Fsp3) is 0.250. The first-order valence-corrected chi connectivity index (χ1v) is 9.42. The quantitative estimate of drug-likeness (QED) is 0.703. The van der Waals surface area contributed by atoms with E-state index in [-0.39, 0.29) is 12.5 Å². The van der Waals surface area contributed by atoms with Crippen molar-refractivity contribution in [2.75, 3.05) is 11.9 Å². The van der Waals surface area contributed by atoms with Crippen molar-refractivity contribution in [3.63, 3.8) is 0 Å². The molecule has 1 saturated carbocycles. The number of rotatable bonds is 6. The Hall–Kier alpha value is -2.73. The van der Waals surface area contributed by atoms with Crippen LogP contribution in [0.15, 0.2) is 48.5 Å². The maximum absolute atomic E-state index is 12.0. The smallest absolute Gasteiger partial charge is 0.264 e. The number of carbonyl (C=O) groups excluding carboxylic acids is 1. The van der Waals surface area contributed by atoms with Gasteiger partial charge in [0, 0.05) is 5.92 Å². The molecule has 0 saturated heterocycles. The fourth-order valence-corrected chi connectivity index (χ4v) is 3.50. The van der Waals surface area contributed by atoms with Crippen LogP contribution in [0.2, 0.25) is 0 Å². The summed E-state index contributed by atoms with van der Waals surface area (Å²) in [4.78, 5) is 12.0. The third-order valence-electron chi connectivity index (χ3n) is 4.22. The lowest BCUT2D eigenvalue weighted by atomic mass is 10.0. The van der Waals surface area contributed by atoms with Crippen LogP contribution >= 0.6 is 11.3 Å². The zero-order valence-electron chi connectivity index (χ0n) is 14.4. The first kappa shape index (κ1) is 16.7. The number of anilines is 1. The second kappa shape index (κ2) is 7.25. The minimum Gasteiger partial charge on any atom is -0.484 e. The van der Waals surface area contributed by atoms with Crippen LogP contribution in [-0.4, -0.2) is 22.7 Å². The monoisotopic (exact) mass is 365 g/mol. The van der Waals surface area contributed by atoms with Gasteiger partial charge in [0.2, 0.25) is 5.13 Å². The topological polar surface area (TPSA) is 64.1 Å². The molecule has 2 aromatic carbocycles. The molecule has 132 valence electrons. The predicted octanol–water partition coefficient (Wildman–Crippen LogP) is 4.41. The van der Waals surface area contributed by atoms with E-state index in [9.17, 15) is 4.79 Å². The molecule has 1 heterocycles. The highest BCUT2D eigenvalue weighted by Gasteiger charge is 2.27. The average Bonchev–Trinajstić information content (AvgIpc) is 3.41. The Balaban J connectivity index is 1.30. The maximum Gasteiger partial charge on any atom is 0.264 e. The van der Waals surface area contributed by atoms with E-state index in [4.69, 9.17) is 4.74 Å². The van der Waals surface area contributed by atoms with Crippen LogP contribution in [0.5, 0.6) is 5.75 Å². The molecule has 1 N–H and O–H groups in total. The predicted molar refractivity (Wildman–Crippen MR) is 103 cm³/mol. The molecule has 1 aromatic heterocycles. The summed E-state index contributed by atoms with van der Waals surface area (Å²) in [7, 11) is 0. The summed E-state index contributed by atoms with van der Waals surface area (Å²) < 4.78 is 5.56. The van der Waals surface area contributed by atoms with E-state index in [2.05, 4.69) is 46.7 Å². The molecule has 0 unspecified atom stereocenters. The normalized spacial score (nSPS) is 13.4. The summed E-state index contributed by atoms with van der Waals surface area (Å²) in [5.41, 5.74) is 3.50. The number of hydrogen-bond acceptors (Lipinski definition) is 5. The van der Waals surface area contributed by atoms with E-state index in [0.717, 1.165) is 16.1 Å². The van der Waals surface area contributed by atoms with Gasteiger partial charge in [-0.25, -0.2) is 0 Å². The molecule has 0 radical (unpaired) electrons. The summed E-state index contributed by atoms with van der Waals surface area (Å²) in [5, 5.41) is 12.4. The van der Waals surface area contributed by atoms with Crippen molar-refractivity contribution < 1.29 is 9.53 Å². The summed E-state index contributed by atoms with van der Waals surface area (Å²) in [6, 6.07) is 16.1. The largest absolute Gasteiger partial charge is 0.484 e. The van der Waals surface area contributed by atoms with Crippen molar-refractivity contribution in [3.05, 3.63) is 59.1 Å². The molecular weight excluding hydrogens is 346 g/mol. The number of benzene rings is 2. The molecule has 0 spiro atoms. The highest BCUT2D eigenvalue weighted by Crippen LogP contribution is 2.42. The SMILES string of the molecule is Cc1ccc(-c2ccc(OCC(=O)Nc3nnc(C4CC4)s3)cc2)cc1. The Kier molecular flexibility index (Phi) is 4.67. The minimum atomic E-state index is -0.230. The van der Waals surface area contributed by atoms with E-state index in [0.29, 0.717) is 16.8 Å². The molecule has 4 rings (SSSR count). The van der Waals surface area contributed by atoms with Gasteiger partial charge in [0.1, 0.15) is 10.8 Å². The van der Waals surface area contributed by atoms with Gasteiger partial charge >= 0.3 is 0 Å². The Bertz CT molecular complexity index is 900. The van der Waals surface area contributed by atoms with E-state index >= 15 is 0 Å². The number of nitrogens with zero attached hydrogens (tertiary/aromatic N) is 2. The lowest BCUT2D eigenvalue weighted by molar-refractivity contribution is -0.118. The molecule has 1 fully saturated rings. The Morgan fingerprint density at radius 1 is 1.08 bits per heavy atom. The number of nitrogens with one attached hydrogen (secondary N) is 1. The molecule has 1 amide bonds. The van der Waals surface area contributed by atoms with Crippen LogP contribution < -0.4 is 10.1 Å². The van der Waals surface area contributed by atoms with Crippen LogP contribution in [0.3, 0.4) is 0 Å². The summed E-state index contributed by atoms with van der Waals surface area (Å²) in [6.07, 6.45) is 2.34. The average molecular weight is 365 g/mol. The molecule has 26 heavy (non-hydrogen) atoms. The maximum atomic E-state index is 12.0. The summed E-state index contributed by atoms with van der Waals surface area (Å²) in [5.74, 6) is 0.972. The third-order valence-corrected chi connectivity index (χ3v) is 5.22. The van der Waals surface area contributed by atoms with Crippen molar-refractivity contribution in [3.8, 4) is 16.9 Å². The molecule has 0 atom stereocenters. The van der Waals surface area contributed by atoms with E-state index in [1.807, 2.05) is 24.3 Å². The van der Waals surface area contributed by atoms with Gasteiger partial charge < -0.3 is 4.74 Å². The molecule has 1 aliphatic carbocycles. The van der Waals surface area contributed by atoms with Gasteiger partial charge in [-0.3, -0.25) is 10.1 Å². The number of ether oxygens (including phenoxy) is 1. The van der Waals surface area contributed by atoms with Gasteiger partial charge in [0.05, 0.1) is 0 Å². The number of aryl methyl sites for hydroxylation is 1. The van der Waals surface area contributed by atoms with E-state index < -0.39 is 0 Å². The van der Waals surface area contributed by atoms with Gasteiger partial charge in [0.25, 0.3) is 5.91 Å². The van der Waals surface area contributed by atoms with E-state index in [1.54, 1.807) is 0 Å². The minimum absolute atomic E-state index is 0.0534. The van der Waals surface area contributed by atoms with Crippen molar-refractivity contribution >= 4 is 22.4 Å². The summed E-state index contributed by atoms with van der Waals surface area (Å²) in [6.45, 7) is 2.02. The van der Waals surface area contributed by atoms with Crippen molar-refractivity contribution in [1.82, 2.24) is 10.2 Å². The Morgan fingerprint density at radius 2 is 1.73 bits per heavy atom. The Labute approximate surface area is 156 Å². The zero-order chi connectivity index (χ0) is 17.9. The number of amides is 1. The highest BCUT2D eigenvalue weighted by atomic mass is 32.1. The van der Waals surface area contributed by atoms with E-state index in [1.165, 1.54) is 29.7 Å². The Morgan fingerprint density at radius 3 is 2.38 bits per heavy atom. The number of hydrogen-bond donors (Lipinski definition) is 1. The molecule has 3 aromatic rings. The molecule has 1 aliphatic rings. The van der Waals surface area contributed by atoms with Crippen LogP contribution in [-0.2, 0) is 4.79 Å². The standard InChI is InChI=1S/C20H19N3O2S/c1-13-2-4-14(5-3-13)15-8-10-17(11-9-15)25-12-18(24)21-20-23-22-19(26-20)16-6-7-16/h2-5,8-11,16H,6-7,12H2,1H3,(H,21,23,24). The molecule has 0 bridgehead atoms. The van der Waals surface area contributed by atoms with Crippen LogP contribution in [0.25, 0.3) is 11.1 Å². The van der Waals surface area contributed by atoms with Crippen molar-refractivity contribution in [2.24, 2.45) is 0 Å². The van der Waals surface area contributed by atoms with Crippen LogP contribution in [0.1, 0.15) is 29.3 Å². The molecular formula is C20H19N3O2S. The summed E-state index contributed by atoms with van der Waals surface area (Å²) >= 11 is 1.44. The van der Waals surface area contributed by atoms with Crippen LogP contribution in [0.4, 0.5) is 5.13 Å². The first-order chi connectivity index (χ1) is 12.7. The van der Waals surface area contributed by atoms with Crippen molar-refractivity contribution in [2.45, 2.75) is 25.7 Å². The second-order valence-corrected chi connectivity index (χ2v) is 7.46. The number of carbonyl (C=O) groups is 1. The van der Waals surface area contributed by atoms with Gasteiger partial charge in [-0.15, -0.1) is 10.2 Å². The van der Waals surface area contributed by atoms with Crippen molar-refractivity contribution in [1.29, 1.82) is 0 Å². The van der Waals surface area contributed by atoms with Crippen LogP contribution in [0, 0.1) is 6.92 Å². The fourth-order valence-electron chi connectivity index (χ4n) is 2.57. The molecule has 0 aliphatic heterocycles. The zero-order valence-corrected chi connectivity index (χ0v) is 15.3. The third kappa shape index (κ3) is 4.08. The first-order valence-electron chi connectivity index (χ1n) is 8.60. The second-order valence-electron chi connectivity index (χ2n) is 6.45. The molecule has 5 nitrogen and oxygen atoms in total. The van der Waals surface area contributed by atoms with Gasteiger partial charge in [-0.1, -0.05) is 53.3 Å². The number of aromatic nitrogens is 2. The molecule has 6 heteroatoms. The highest BCUT2D eigenvalue weighted by molar-refractivity contribution is 7.15. The lowest BCUT2D eigenvalue weighted by Crippen LogP contribution is -2.20. The van der Waals surface area contributed by atoms with Gasteiger partial charge in [0.15, 0.2) is 6.61 Å². The lowest BCUT2D eigenvalue weighted by Gasteiger charge is -2.07. The van der Waals surface area contributed by atoms with Gasteiger partial charge in [-0.05, 0) is 43.0 Å².